The summed E-state index contributed by atoms with van der Waals surface area (Å²) in [7, 11) is 0. The molecule has 8 nitrogen and oxygen atoms in total. The minimum atomic E-state index is -0.567. The van der Waals surface area contributed by atoms with Crippen LogP contribution in [0.1, 0.15) is 21.5 Å². The SMILES string of the molecule is Cc1ccc(C(=O)N/N=C/c2cc3c(cc2[N+](=O)[O-])OCO3)c(Cl)c1. The van der Waals surface area contributed by atoms with E-state index < -0.39 is 10.8 Å². The fraction of sp³-hybridized carbons (Fsp3) is 0.125. The minimum absolute atomic E-state index is 0.00422. The molecule has 0 spiro atoms. The van der Waals surface area contributed by atoms with Gasteiger partial charge in [0.1, 0.15) is 0 Å². The zero-order chi connectivity index (χ0) is 18.0. The molecule has 0 aliphatic carbocycles. The van der Waals surface area contributed by atoms with Gasteiger partial charge in [0.25, 0.3) is 11.6 Å². The molecule has 0 unspecified atom stereocenters. The highest BCUT2D eigenvalue weighted by molar-refractivity contribution is 6.33. The number of nitro benzene ring substituents is 1. The molecule has 0 aromatic heterocycles. The van der Waals surface area contributed by atoms with E-state index in [9.17, 15) is 14.9 Å². The summed E-state index contributed by atoms with van der Waals surface area (Å²) in [6, 6.07) is 7.65. The number of ether oxygens (including phenoxy) is 2. The second-order valence-corrected chi connectivity index (χ2v) is 5.61. The molecule has 25 heavy (non-hydrogen) atoms. The largest absolute Gasteiger partial charge is 0.454 e. The van der Waals surface area contributed by atoms with E-state index in [4.69, 9.17) is 21.1 Å². The van der Waals surface area contributed by atoms with Crippen molar-refractivity contribution in [1.29, 1.82) is 0 Å². The molecule has 1 aliphatic rings. The van der Waals surface area contributed by atoms with Crippen LogP contribution in [0.5, 0.6) is 11.5 Å². The monoisotopic (exact) mass is 361 g/mol. The van der Waals surface area contributed by atoms with Crippen LogP contribution in [-0.2, 0) is 0 Å². The molecular weight excluding hydrogens is 350 g/mol. The van der Waals surface area contributed by atoms with E-state index in [-0.39, 0.29) is 23.6 Å². The Balaban J connectivity index is 1.80. The summed E-state index contributed by atoms with van der Waals surface area (Å²) in [5, 5.41) is 15.2. The highest BCUT2D eigenvalue weighted by Gasteiger charge is 2.22. The number of hydrogen-bond acceptors (Lipinski definition) is 6. The molecular formula is C16H12ClN3O5. The fourth-order valence-corrected chi connectivity index (χ4v) is 2.55. The Morgan fingerprint density at radius 1 is 1.32 bits per heavy atom. The van der Waals surface area contributed by atoms with E-state index in [0.29, 0.717) is 16.5 Å². The van der Waals surface area contributed by atoms with E-state index in [0.717, 1.165) is 5.56 Å². The first-order valence-electron chi connectivity index (χ1n) is 7.13. The normalized spacial score (nSPS) is 12.4. The quantitative estimate of drug-likeness (QED) is 0.512. The minimum Gasteiger partial charge on any atom is -0.454 e. The number of benzene rings is 2. The first kappa shape index (κ1) is 16.7. The van der Waals surface area contributed by atoms with Crippen LogP contribution < -0.4 is 14.9 Å². The number of rotatable bonds is 4. The smallest absolute Gasteiger partial charge is 0.282 e. The maximum atomic E-state index is 12.1. The number of nitrogens with one attached hydrogen (secondary N) is 1. The average molecular weight is 362 g/mol. The first-order chi connectivity index (χ1) is 12.0. The number of halogens is 1. The molecule has 0 saturated heterocycles. The molecule has 2 aromatic carbocycles. The van der Waals surface area contributed by atoms with Gasteiger partial charge in [-0.15, -0.1) is 0 Å². The van der Waals surface area contributed by atoms with Crippen LogP contribution in [0.2, 0.25) is 5.02 Å². The van der Waals surface area contributed by atoms with Crippen LogP contribution >= 0.6 is 11.6 Å². The van der Waals surface area contributed by atoms with Crippen LogP contribution in [0.25, 0.3) is 0 Å². The van der Waals surface area contributed by atoms with Gasteiger partial charge in [-0.3, -0.25) is 14.9 Å². The van der Waals surface area contributed by atoms with Crippen LogP contribution in [0.3, 0.4) is 0 Å². The van der Waals surface area contributed by atoms with E-state index in [2.05, 4.69) is 10.5 Å². The van der Waals surface area contributed by atoms with Crippen molar-refractivity contribution in [2.75, 3.05) is 6.79 Å². The predicted octanol–water partition coefficient (Wildman–Crippen LogP) is 3.05. The molecule has 1 aliphatic heterocycles. The highest BCUT2D eigenvalue weighted by atomic mass is 35.5. The summed E-state index contributed by atoms with van der Waals surface area (Å²) in [5.41, 5.74) is 3.42. The standard InChI is InChI=1S/C16H12ClN3O5/c1-9-2-3-11(12(17)4-9)16(21)19-18-7-10-5-14-15(25-8-24-14)6-13(10)20(22)23/h2-7H,8H2,1H3,(H,19,21)/b18-7+. The predicted molar refractivity (Wildman–Crippen MR) is 90.5 cm³/mol. The van der Waals surface area contributed by atoms with Crippen molar-refractivity contribution >= 4 is 29.4 Å². The Morgan fingerprint density at radius 3 is 2.72 bits per heavy atom. The van der Waals surface area contributed by atoms with Crippen molar-refractivity contribution in [3.63, 3.8) is 0 Å². The number of carbonyl (C=O) groups is 1. The Labute approximate surface area is 147 Å². The van der Waals surface area contributed by atoms with Gasteiger partial charge < -0.3 is 9.47 Å². The van der Waals surface area contributed by atoms with Crippen molar-refractivity contribution in [3.8, 4) is 11.5 Å². The molecule has 0 radical (unpaired) electrons. The van der Waals surface area contributed by atoms with Gasteiger partial charge in [0.05, 0.1) is 33.4 Å². The van der Waals surface area contributed by atoms with Crippen LogP contribution in [0.4, 0.5) is 5.69 Å². The molecule has 0 atom stereocenters. The Bertz CT molecular complexity index is 898. The van der Waals surface area contributed by atoms with Gasteiger partial charge in [-0.05, 0) is 30.7 Å². The van der Waals surface area contributed by atoms with E-state index >= 15 is 0 Å². The molecule has 9 heteroatoms. The molecule has 0 fully saturated rings. The van der Waals surface area contributed by atoms with Crippen molar-refractivity contribution in [2.45, 2.75) is 6.92 Å². The Morgan fingerprint density at radius 2 is 2.04 bits per heavy atom. The summed E-state index contributed by atoms with van der Waals surface area (Å²) in [6.45, 7) is 1.85. The number of hydrazone groups is 1. The van der Waals surface area contributed by atoms with Crippen molar-refractivity contribution in [1.82, 2.24) is 5.43 Å². The zero-order valence-electron chi connectivity index (χ0n) is 13.0. The Kier molecular flexibility index (Phi) is 4.53. The van der Waals surface area contributed by atoms with Crippen molar-refractivity contribution in [2.24, 2.45) is 5.10 Å². The lowest BCUT2D eigenvalue weighted by Gasteiger charge is -2.04. The summed E-state index contributed by atoms with van der Waals surface area (Å²) in [6.07, 6.45) is 1.17. The summed E-state index contributed by atoms with van der Waals surface area (Å²) >= 11 is 6.02. The summed E-state index contributed by atoms with van der Waals surface area (Å²) < 4.78 is 10.3. The van der Waals surface area contributed by atoms with Gasteiger partial charge >= 0.3 is 0 Å². The van der Waals surface area contributed by atoms with Crippen molar-refractivity contribution in [3.05, 3.63) is 62.2 Å². The van der Waals surface area contributed by atoms with E-state index in [1.165, 1.54) is 18.3 Å². The average Bonchev–Trinajstić information content (AvgIpc) is 3.01. The van der Waals surface area contributed by atoms with Crippen LogP contribution in [0, 0.1) is 17.0 Å². The number of nitro groups is 1. The number of carbonyl (C=O) groups excluding carboxylic acids is 1. The first-order valence-corrected chi connectivity index (χ1v) is 7.51. The number of nitrogens with zero attached hydrogens (tertiary/aromatic N) is 2. The van der Waals surface area contributed by atoms with Crippen LogP contribution in [0.15, 0.2) is 35.4 Å². The lowest BCUT2D eigenvalue weighted by Crippen LogP contribution is -2.18. The molecule has 0 bridgehead atoms. The molecule has 2 aromatic rings. The third kappa shape index (κ3) is 3.53. The topological polar surface area (TPSA) is 103 Å². The van der Waals surface area contributed by atoms with Gasteiger partial charge in [-0.25, -0.2) is 5.43 Å². The number of aryl methyl sites for hydroxylation is 1. The second kappa shape index (κ2) is 6.78. The zero-order valence-corrected chi connectivity index (χ0v) is 13.7. The Hall–Kier alpha value is -3.13. The molecule has 0 saturated carbocycles. The number of fused-ring (bicyclic) bond motifs is 1. The van der Waals surface area contributed by atoms with E-state index in [1.807, 2.05) is 6.92 Å². The maximum absolute atomic E-state index is 12.1. The van der Waals surface area contributed by atoms with E-state index in [1.54, 1.807) is 18.2 Å². The fourth-order valence-electron chi connectivity index (χ4n) is 2.23. The van der Waals surface area contributed by atoms with Gasteiger partial charge in [-0.2, -0.15) is 5.10 Å². The molecule has 1 amide bonds. The molecule has 128 valence electrons. The molecule has 3 rings (SSSR count). The van der Waals surface area contributed by atoms with Gasteiger partial charge in [-0.1, -0.05) is 17.7 Å². The van der Waals surface area contributed by atoms with Gasteiger partial charge in [0, 0.05) is 0 Å². The third-order valence-corrected chi connectivity index (χ3v) is 3.77. The summed E-state index contributed by atoms with van der Waals surface area (Å²) in [4.78, 5) is 22.7. The highest BCUT2D eigenvalue weighted by Crippen LogP contribution is 2.37. The lowest BCUT2D eigenvalue weighted by molar-refractivity contribution is -0.385. The van der Waals surface area contributed by atoms with Gasteiger partial charge in [0.2, 0.25) is 6.79 Å². The number of amides is 1. The third-order valence-electron chi connectivity index (χ3n) is 3.46. The second-order valence-electron chi connectivity index (χ2n) is 5.20. The summed E-state index contributed by atoms with van der Waals surface area (Å²) in [5.74, 6) is 0.143. The van der Waals surface area contributed by atoms with Gasteiger partial charge in [0.15, 0.2) is 11.5 Å². The molecule has 1 heterocycles. The van der Waals surface area contributed by atoms with Crippen LogP contribution in [-0.4, -0.2) is 23.8 Å². The maximum Gasteiger partial charge on any atom is 0.282 e. The molecule has 1 N–H and O–H groups in total. The number of hydrogen-bond donors (Lipinski definition) is 1. The van der Waals surface area contributed by atoms with Crippen molar-refractivity contribution < 1.29 is 19.2 Å². The lowest BCUT2D eigenvalue weighted by atomic mass is 10.1.